The van der Waals surface area contributed by atoms with Crippen molar-refractivity contribution in [2.24, 2.45) is 0 Å². The van der Waals surface area contributed by atoms with Gasteiger partial charge in [0.1, 0.15) is 0 Å². The van der Waals surface area contributed by atoms with Crippen LogP contribution in [-0.4, -0.2) is 28.1 Å². The molecule has 0 aliphatic carbocycles. The van der Waals surface area contributed by atoms with Crippen LogP contribution >= 0.6 is 0 Å². The van der Waals surface area contributed by atoms with Crippen molar-refractivity contribution < 1.29 is 9.84 Å². The molecule has 2 aromatic rings. The van der Waals surface area contributed by atoms with Crippen molar-refractivity contribution >= 4 is 32.7 Å². The molecule has 0 aromatic heterocycles. The van der Waals surface area contributed by atoms with Gasteiger partial charge in [-0.1, -0.05) is 0 Å². The molecule has 23 heavy (non-hydrogen) atoms. The number of benzene rings is 2. The standard InChI is InChI=1S/C19H22O2SeSi/c1-23(2,3)16-9-10-19-17(12-16)18(20)11-14(21-19)13-22-15-7-5-4-6-8-15/h4-10,12-13,18,20H,11H2,1-3H3/b14-13+. The fraction of sp³-hybridized carbons (Fsp3) is 0.263. The Labute approximate surface area is 145 Å². The molecule has 0 bridgehead atoms. The molecule has 0 spiro atoms. The van der Waals surface area contributed by atoms with Gasteiger partial charge >= 0.3 is 145 Å². The third-order valence-corrected chi connectivity index (χ3v) is 7.92. The molecule has 1 atom stereocenters. The Kier molecular flexibility index (Phi) is 4.78. The van der Waals surface area contributed by atoms with Crippen LogP contribution in [0.1, 0.15) is 18.1 Å². The number of rotatable bonds is 3. The van der Waals surface area contributed by atoms with Crippen LogP contribution in [0.15, 0.2) is 59.3 Å². The number of fused-ring (bicyclic) bond motifs is 1. The second kappa shape index (κ2) is 6.66. The van der Waals surface area contributed by atoms with E-state index in [1.807, 2.05) is 12.1 Å². The molecule has 120 valence electrons. The number of aliphatic hydroxyl groups is 1. The van der Waals surface area contributed by atoms with Gasteiger partial charge in [0, 0.05) is 0 Å². The Bertz CT molecular complexity index is 720. The van der Waals surface area contributed by atoms with Crippen LogP contribution in [0.5, 0.6) is 5.75 Å². The zero-order valence-corrected chi connectivity index (χ0v) is 16.5. The van der Waals surface area contributed by atoms with Crippen molar-refractivity contribution in [3.8, 4) is 5.75 Å². The fourth-order valence-electron chi connectivity index (χ4n) is 2.56. The summed E-state index contributed by atoms with van der Waals surface area (Å²) < 4.78 is 7.33. The van der Waals surface area contributed by atoms with Gasteiger partial charge in [0.15, 0.2) is 0 Å². The van der Waals surface area contributed by atoms with Crippen molar-refractivity contribution in [1.29, 1.82) is 0 Å². The predicted molar refractivity (Wildman–Crippen MR) is 99.5 cm³/mol. The SMILES string of the molecule is C[Si](C)(C)c1ccc2c(c1)C(O)C/C(=C\[Se]c1ccccc1)O2. The van der Waals surface area contributed by atoms with Gasteiger partial charge < -0.3 is 0 Å². The Morgan fingerprint density at radius 1 is 1.13 bits per heavy atom. The summed E-state index contributed by atoms with van der Waals surface area (Å²) in [5.41, 5.74) is 0.939. The Balaban J connectivity index is 1.81. The summed E-state index contributed by atoms with van der Waals surface area (Å²) in [4.78, 5) is 2.14. The van der Waals surface area contributed by atoms with Crippen LogP contribution in [0.3, 0.4) is 0 Å². The topological polar surface area (TPSA) is 29.5 Å². The Morgan fingerprint density at radius 2 is 1.87 bits per heavy atom. The van der Waals surface area contributed by atoms with Crippen LogP contribution < -0.4 is 14.4 Å². The van der Waals surface area contributed by atoms with E-state index in [-0.39, 0.29) is 15.0 Å². The number of hydrogen-bond acceptors (Lipinski definition) is 2. The number of aliphatic hydroxyl groups excluding tert-OH is 1. The zero-order chi connectivity index (χ0) is 16.4. The van der Waals surface area contributed by atoms with Crippen molar-refractivity contribution in [2.45, 2.75) is 32.2 Å². The summed E-state index contributed by atoms with van der Waals surface area (Å²) >= 11 is 0.228. The molecule has 2 nitrogen and oxygen atoms in total. The number of ether oxygens (including phenoxy) is 1. The third-order valence-electron chi connectivity index (χ3n) is 3.94. The normalized spacial score (nSPS) is 19.3. The summed E-state index contributed by atoms with van der Waals surface area (Å²) in [5.74, 6) is 1.69. The molecule has 0 radical (unpaired) electrons. The average molecular weight is 389 g/mol. The van der Waals surface area contributed by atoms with Gasteiger partial charge in [-0.3, -0.25) is 0 Å². The Hall–Kier alpha value is -1.32. The van der Waals surface area contributed by atoms with E-state index < -0.39 is 14.2 Å². The van der Waals surface area contributed by atoms with Gasteiger partial charge in [-0.25, -0.2) is 0 Å². The van der Waals surface area contributed by atoms with Crippen molar-refractivity contribution in [2.75, 3.05) is 0 Å². The molecular weight excluding hydrogens is 367 g/mol. The van der Waals surface area contributed by atoms with Crippen LogP contribution in [0, 0.1) is 0 Å². The van der Waals surface area contributed by atoms with Crippen molar-refractivity contribution in [1.82, 2.24) is 0 Å². The first-order chi connectivity index (χ1) is 10.9. The third kappa shape index (κ3) is 3.96. The summed E-state index contributed by atoms with van der Waals surface area (Å²) in [5, 5.41) is 11.9. The molecule has 1 heterocycles. The predicted octanol–water partition coefficient (Wildman–Crippen LogP) is 2.92. The van der Waals surface area contributed by atoms with Gasteiger partial charge in [0.25, 0.3) is 0 Å². The van der Waals surface area contributed by atoms with Crippen molar-refractivity contribution in [3.05, 3.63) is 64.8 Å². The molecule has 3 rings (SSSR count). The van der Waals surface area contributed by atoms with Crippen LogP contribution in [0.4, 0.5) is 0 Å². The maximum absolute atomic E-state index is 10.5. The summed E-state index contributed by atoms with van der Waals surface area (Å²) in [7, 11) is -1.38. The zero-order valence-electron chi connectivity index (χ0n) is 13.7. The fourth-order valence-corrected chi connectivity index (χ4v) is 5.25. The van der Waals surface area contributed by atoms with Gasteiger partial charge in [0.05, 0.1) is 0 Å². The summed E-state index contributed by atoms with van der Waals surface area (Å²) in [6.45, 7) is 6.95. The first-order valence-electron chi connectivity index (χ1n) is 7.84. The molecular formula is C19H22O2SeSi. The van der Waals surface area contributed by atoms with E-state index in [9.17, 15) is 5.11 Å². The summed E-state index contributed by atoms with van der Waals surface area (Å²) in [6, 6.07) is 16.7. The second-order valence-corrected chi connectivity index (χ2v) is 13.9. The molecule has 0 fully saturated rings. The molecule has 0 saturated carbocycles. The monoisotopic (exact) mass is 390 g/mol. The van der Waals surface area contributed by atoms with Crippen LogP contribution in [0.25, 0.3) is 0 Å². The first kappa shape index (κ1) is 16.5. The van der Waals surface area contributed by atoms with Crippen LogP contribution in [-0.2, 0) is 0 Å². The minimum atomic E-state index is -1.38. The van der Waals surface area contributed by atoms with E-state index in [4.69, 9.17) is 4.74 Å². The minimum absolute atomic E-state index is 0.228. The second-order valence-electron chi connectivity index (χ2n) is 6.84. The maximum atomic E-state index is 10.5. The van der Waals surface area contributed by atoms with Gasteiger partial charge in [-0.15, -0.1) is 0 Å². The molecule has 4 heteroatoms. The molecule has 2 aromatic carbocycles. The quantitative estimate of drug-likeness (QED) is 0.818. The molecule has 1 aliphatic rings. The van der Waals surface area contributed by atoms with Gasteiger partial charge in [-0.2, -0.15) is 0 Å². The molecule has 0 amide bonds. The molecule has 0 saturated heterocycles. The number of hydrogen-bond donors (Lipinski definition) is 1. The van der Waals surface area contributed by atoms with E-state index in [2.05, 4.69) is 61.0 Å². The Morgan fingerprint density at radius 3 is 2.57 bits per heavy atom. The van der Waals surface area contributed by atoms with Gasteiger partial charge in [-0.05, 0) is 0 Å². The molecule has 1 unspecified atom stereocenters. The van der Waals surface area contributed by atoms with Gasteiger partial charge in [0.2, 0.25) is 0 Å². The van der Waals surface area contributed by atoms with E-state index in [1.165, 1.54) is 9.65 Å². The van der Waals surface area contributed by atoms with Crippen molar-refractivity contribution in [3.63, 3.8) is 0 Å². The molecule has 1 N–H and O–H groups in total. The average Bonchev–Trinajstić information content (AvgIpc) is 2.53. The van der Waals surface area contributed by atoms with E-state index in [1.54, 1.807) is 0 Å². The van der Waals surface area contributed by atoms with E-state index in [0.29, 0.717) is 6.42 Å². The first-order valence-corrected chi connectivity index (χ1v) is 13.2. The summed E-state index contributed by atoms with van der Waals surface area (Å²) in [6.07, 6.45) is 0.101. The van der Waals surface area contributed by atoms with Crippen LogP contribution in [0.2, 0.25) is 19.6 Å². The van der Waals surface area contributed by atoms with E-state index >= 15 is 0 Å². The molecule has 1 aliphatic heterocycles. The van der Waals surface area contributed by atoms with E-state index in [0.717, 1.165) is 17.1 Å².